The third-order valence-corrected chi connectivity index (χ3v) is 7.49. The van der Waals surface area contributed by atoms with Gasteiger partial charge in [-0.05, 0) is 61.8 Å². The lowest BCUT2D eigenvalue weighted by Gasteiger charge is -2.33. The number of likely N-dealkylation sites (N-methyl/N-ethyl adjacent to an activating group) is 1. The maximum absolute atomic E-state index is 13.6. The van der Waals surface area contributed by atoms with Crippen molar-refractivity contribution in [2.75, 3.05) is 32.0 Å². The summed E-state index contributed by atoms with van der Waals surface area (Å²) >= 11 is 0. The SMILES string of the molecule is CN1CCCC(n2nc(-c3ccccn3)c3nc(Nc4ccc5c(c4)CNCC5(C)C)ncc3c2=O)C1. The smallest absolute Gasteiger partial charge is 0.278 e. The molecular weight excluding hydrogens is 464 g/mol. The number of piperidine rings is 1. The summed E-state index contributed by atoms with van der Waals surface area (Å²) < 4.78 is 1.62. The predicted octanol–water partition coefficient (Wildman–Crippen LogP) is 3.64. The van der Waals surface area contributed by atoms with Crippen molar-refractivity contribution in [1.82, 2.24) is 34.9 Å². The van der Waals surface area contributed by atoms with Crippen LogP contribution in [0, 0.1) is 0 Å². The van der Waals surface area contributed by atoms with Gasteiger partial charge in [-0.1, -0.05) is 26.0 Å². The van der Waals surface area contributed by atoms with Crippen molar-refractivity contribution in [1.29, 1.82) is 0 Å². The average molecular weight is 497 g/mol. The van der Waals surface area contributed by atoms with Crippen LogP contribution in [0.2, 0.25) is 0 Å². The fourth-order valence-electron chi connectivity index (χ4n) is 5.58. The molecule has 3 aromatic heterocycles. The summed E-state index contributed by atoms with van der Waals surface area (Å²) in [5, 5.41) is 12.1. The first-order valence-corrected chi connectivity index (χ1v) is 12.9. The van der Waals surface area contributed by atoms with Crippen LogP contribution in [0.1, 0.15) is 43.9 Å². The van der Waals surface area contributed by atoms with E-state index in [4.69, 9.17) is 10.1 Å². The van der Waals surface area contributed by atoms with Crippen molar-refractivity contribution in [2.45, 2.75) is 44.7 Å². The number of fused-ring (bicyclic) bond motifs is 2. The first-order chi connectivity index (χ1) is 17.9. The Balaban J connectivity index is 1.43. The first kappa shape index (κ1) is 23.7. The molecule has 9 nitrogen and oxygen atoms in total. The van der Waals surface area contributed by atoms with E-state index in [1.807, 2.05) is 18.2 Å². The molecule has 1 saturated heterocycles. The molecule has 0 aliphatic carbocycles. The zero-order valence-electron chi connectivity index (χ0n) is 21.5. The highest BCUT2D eigenvalue weighted by molar-refractivity contribution is 5.89. The minimum absolute atomic E-state index is 0.00395. The normalized spacial score (nSPS) is 19.5. The van der Waals surface area contributed by atoms with Gasteiger partial charge in [0, 0.05) is 43.1 Å². The minimum Gasteiger partial charge on any atom is -0.324 e. The molecule has 2 aliphatic heterocycles. The van der Waals surface area contributed by atoms with Crippen LogP contribution in [0.4, 0.5) is 11.6 Å². The lowest BCUT2D eigenvalue weighted by molar-refractivity contribution is 0.199. The summed E-state index contributed by atoms with van der Waals surface area (Å²) in [6, 6.07) is 12.1. The number of nitrogens with one attached hydrogen (secondary N) is 2. The monoisotopic (exact) mass is 496 g/mol. The molecule has 1 unspecified atom stereocenters. The number of hydrogen-bond donors (Lipinski definition) is 2. The number of likely N-dealkylation sites (tertiary alicyclic amines) is 1. The number of anilines is 2. The van der Waals surface area contributed by atoms with Gasteiger partial charge in [-0.25, -0.2) is 14.6 Å². The van der Waals surface area contributed by atoms with Crippen LogP contribution in [-0.4, -0.2) is 56.3 Å². The van der Waals surface area contributed by atoms with Gasteiger partial charge in [-0.2, -0.15) is 5.10 Å². The van der Waals surface area contributed by atoms with Crippen LogP contribution in [0.15, 0.2) is 53.6 Å². The Morgan fingerprint density at radius 2 is 2.05 bits per heavy atom. The second-order valence-corrected chi connectivity index (χ2v) is 10.8. The van der Waals surface area contributed by atoms with Crippen molar-refractivity contribution in [3.8, 4) is 11.4 Å². The van der Waals surface area contributed by atoms with Crippen LogP contribution in [0.25, 0.3) is 22.3 Å². The molecule has 9 heteroatoms. The van der Waals surface area contributed by atoms with Crippen molar-refractivity contribution in [3.05, 3.63) is 70.3 Å². The Bertz CT molecular complexity index is 1510. The third kappa shape index (κ3) is 4.49. The Kier molecular flexibility index (Phi) is 5.97. The van der Waals surface area contributed by atoms with E-state index >= 15 is 0 Å². The summed E-state index contributed by atoms with van der Waals surface area (Å²) in [7, 11) is 2.08. The maximum atomic E-state index is 13.6. The van der Waals surface area contributed by atoms with Gasteiger partial charge in [0.2, 0.25) is 5.95 Å². The second kappa shape index (κ2) is 9.32. The summed E-state index contributed by atoms with van der Waals surface area (Å²) in [4.78, 5) is 29.6. The maximum Gasteiger partial charge on any atom is 0.278 e. The highest BCUT2D eigenvalue weighted by Gasteiger charge is 2.27. The molecule has 5 heterocycles. The van der Waals surface area contributed by atoms with E-state index in [9.17, 15) is 4.79 Å². The number of aromatic nitrogens is 5. The van der Waals surface area contributed by atoms with Gasteiger partial charge in [0.05, 0.1) is 17.1 Å². The van der Waals surface area contributed by atoms with Crippen molar-refractivity contribution in [2.24, 2.45) is 0 Å². The molecule has 2 N–H and O–H groups in total. The largest absolute Gasteiger partial charge is 0.324 e. The molecule has 1 fully saturated rings. The quantitative estimate of drug-likeness (QED) is 0.442. The Morgan fingerprint density at radius 1 is 1.16 bits per heavy atom. The van der Waals surface area contributed by atoms with Crippen LogP contribution >= 0.6 is 0 Å². The molecule has 6 rings (SSSR count). The second-order valence-electron chi connectivity index (χ2n) is 10.8. The molecule has 1 aromatic carbocycles. The summed E-state index contributed by atoms with van der Waals surface area (Å²) in [6.45, 7) is 8.10. The molecule has 0 radical (unpaired) electrons. The van der Waals surface area contributed by atoms with Gasteiger partial charge in [-0.15, -0.1) is 0 Å². The van der Waals surface area contributed by atoms with Gasteiger partial charge >= 0.3 is 0 Å². The Morgan fingerprint density at radius 3 is 2.86 bits per heavy atom. The number of rotatable bonds is 4. The topological polar surface area (TPSA) is 101 Å². The molecule has 37 heavy (non-hydrogen) atoms. The van der Waals surface area contributed by atoms with E-state index in [-0.39, 0.29) is 17.0 Å². The van der Waals surface area contributed by atoms with E-state index in [1.54, 1.807) is 17.1 Å². The highest BCUT2D eigenvalue weighted by Crippen LogP contribution is 2.32. The van der Waals surface area contributed by atoms with E-state index in [0.717, 1.165) is 44.7 Å². The molecule has 0 saturated carbocycles. The zero-order chi connectivity index (χ0) is 25.6. The van der Waals surface area contributed by atoms with E-state index in [1.165, 1.54) is 11.1 Å². The average Bonchev–Trinajstić information content (AvgIpc) is 2.89. The molecule has 0 spiro atoms. The van der Waals surface area contributed by atoms with Gasteiger partial charge in [0.15, 0.2) is 0 Å². The van der Waals surface area contributed by atoms with Crippen molar-refractivity contribution < 1.29 is 0 Å². The highest BCUT2D eigenvalue weighted by atomic mass is 16.1. The van der Waals surface area contributed by atoms with Crippen LogP contribution in [-0.2, 0) is 12.0 Å². The lowest BCUT2D eigenvalue weighted by atomic mass is 9.79. The van der Waals surface area contributed by atoms with Crippen LogP contribution in [0.3, 0.4) is 0 Å². The summed E-state index contributed by atoms with van der Waals surface area (Å²) in [5.74, 6) is 0.420. The minimum atomic E-state index is -0.163. The van der Waals surface area contributed by atoms with Gasteiger partial charge in [0.25, 0.3) is 5.56 Å². The van der Waals surface area contributed by atoms with E-state index in [2.05, 4.69) is 64.6 Å². The molecule has 0 bridgehead atoms. The fourth-order valence-corrected chi connectivity index (χ4v) is 5.58. The predicted molar refractivity (Wildman–Crippen MR) is 145 cm³/mol. The summed E-state index contributed by atoms with van der Waals surface area (Å²) in [5.41, 5.74) is 5.21. The summed E-state index contributed by atoms with van der Waals surface area (Å²) in [6.07, 6.45) is 5.29. The number of pyridine rings is 1. The standard InChI is InChI=1S/C28H32N8O/c1-28(2)17-29-14-18-13-19(9-10-22(18)28)32-27-31-15-21-24(33-27)25(23-8-4-5-11-30-23)34-36(26(21)37)20-7-6-12-35(3)16-20/h4-5,8-11,13,15,20,29H,6-7,12,14,16-17H2,1-3H3,(H,31,32,33). The van der Waals surface area contributed by atoms with E-state index in [0.29, 0.717) is 28.2 Å². The molecular formula is C28H32N8O. The zero-order valence-corrected chi connectivity index (χ0v) is 21.5. The van der Waals surface area contributed by atoms with Gasteiger partial charge in [0.1, 0.15) is 11.2 Å². The number of benzene rings is 1. The van der Waals surface area contributed by atoms with E-state index < -0.39 is 0 Å². The van der Waals surface area contributed by atoms with Crippen LogP contribution < -0.4 is 16.2 Å². The molecule has 1 atom stereocenters. The van der Waals surface area contributed by atoms with Crippen molar-refractivity contribution in [3.63, 3.8) is 0 Å². The fraction of sp³-hybridized carbons (Fsp3) is 0.393. The van der Waals surface area contributed by atoms with Gasteiger partial charge in [-0.3, -0.25) is 9.78 Å². The number of nitrogens with zero attached hydrogens (tertiary/aromatic N) is 6. The first-order valence-electron chi connectivity index (χ1n) is 12.9. The van der Waals surface area contributed by atoms with Crippen molar-refractivity contribution >= 4 is 22.5 Å². The molecule has 2 aliphatic rings. The number of hydrogen-bond acceptors (Lipinski definition) is 8. The lowest BCUT2D eigenvalue weighted by Crippen LogP contribution is -2.39. The Labute approximate surface area is 216 Å². The van der Waals surface area contributed by atoms with Crippen LogP contribution in [0.5, 0.6) is 0 Å². The molecule has 0 amide bonds. The molecule has 4 aromatic rings. The van der Waals surface area contributed by atoms with Gasteiger partial charge < -0.3 is 15.5 Å². The third-order valence-electron chi connectivity index (χ3n) is 7.49. The molecule has 190 valence electrons. The Hall–Kier alpha value is -3.69.